The van der Waals surface area contributed by atoms with Crippen LogP contribution in [0.1, 0.15) is 37.6 Å². The Labute approximate surface area is 155 Å². The molecule has 2 rings (SSSR count). The SMILES string of the molecule is CCC(C)NC(=O)c1ccc(NCC(=O)N(CC)c2ccccc2)cc1. The molecule has 0 spiro atoms. The molecule has 26 heavy (non-hydrogen) atoms. The molecular formula is C21H27N3O2. The highest BCUT2D eigenvalue weighted by Gasteiger charge is 2.13. The Morgan fingerprint density at radius 1 is 1.00 bits per heavy atom. The van der Waals surface area contributed by atoms with Crippen LogP contribution in [-0.2, 0) is 4.79 Å². The largest absolute Gasteiger partial charge is 0.376 e. The standard InChI is InChI=1S/C21H27N3O2/c1-4-16(3)23-21(26)17-11-13-18(14-12-17)22-15-20(25)24(5-2)19-9-7-6-8-10-19/h6-14,16,22H,4-5,15H2,1-3H3,(H,23,26). The number of likely N-dealkylation sites (N-methyl/N-ethyl adjacent to an activating group) is 1. The van der Waals surface area contributed by atoms with Crippen LogP contribution >= 0.6 is 0 Å². The number of hydrogen-bond donors (Lipinski definition) is 2. The molecule has 0 radical (unpaired) electrons. The summed E-state index contributed by atoms with van der Waals surface area (Å²) in [6.07, 6.45) is 0.892. The van der Waals surface area contributed by atoms with Crippen molar-refractivity contribution in [3.8, 4) is 0 Å². The monoisotopic (exact) mass is 353 g/mol. The molecule has 0 heterocycles. The Hall–Kier alpha value is -2.82. The molecule has 1 atom stereocenters. The molecule has 2 amide bonds. The first-order valence-corrected chi connectivity index (χ1v) is 9.05. The molecule has 0 aliphatic rings. The number of rotatable bonds is 8. The van der Waals surface area contributed by atoms with E-state index in [-0.39, 0.29) is 24.4 Å². The molecule has 0 bridgehead atoms. The van der Waals surface area contributed by atoms with Crippen molar-refractivity contribution in [1.29, 1.82) is 0 Å². The molecule has 0 saturated heterocycles. The topological polar surface area (TPSA) is 61.4 Å². The number of nitrogens with zero attached hydrogens (tertiary/aromatic N) is 1. The maximum Gasteiger partial charge on any atom is 0.251 e. The normalized spacial score (nSPS) is 11.5. The van der Waals surface area contributed by atoms with Gasteiger partial charge in [0.05, 0.1) is 6.54 Å². The van der Waals surface area contributed by atoms with Crippen molar-refractivity contribution in [2.45, 2.75) is 33.2 Å². The number of nitrogens with one attached hydrogen (secondary N) is 2. The van der Waals surface area contributed by atoms with Gasteiger partial charge in [-0.3, -0.25) is 9.59 Å². The quantitative estimate of drug-likeness (QED) is 0.761. The van der Waals surface area contributed by atoms with Gasteiger partial charge < -0.3 is 15.5 Å². The lowest BCUT2D eigenvalue weighted by Crippen LogP contribution is -2.35. The predicted octanol–water partition coefficient (Wildman–Crippen LogP) is 3.68. The molecule has 0 aliphatic heterocycles. The van der Waals surface area contributed by atoms with Crippen LogP contribution in [0.4, 0.5) is 11.4 Å². The van der Waals surface area contributed by atoms with E-state index in [2.05, 4.69) is 10.6 Å². The zero-order valence-electron chi connectivity index (χ0n) is 15.7. The number of benzene rings is 2. The molecule has 1 unspecified atom stereocenters. The minimum atomic E-state index is -0.0804. The second kappa shape index (κ2) is 9.61. The van der Waals surface area contributed by atoms with Crippen LogP contribution in [0.3, 0.4) is 0 Å². The van der Waals surface area contributed by atoms with E-state index in [0.717, 1.165) is 17.8 Å². The summed E-state index contributed by atoms with van der Waals surface area (Å²) in [7, 11) is 0. The lowest BCUT2D eigenvalue weighted by Gasteiger charge is -2.21. The van der Waals surface area contributed by atoms with Crippen molar-refractivity contribution in [3.05, 3.63) is 60.2 Å². The van der Waals surface area contributed by atoms with Crippen molar-refractivity contribution < 1.29 is 9.59 Å². The minimum absolute atomic E-state index is 0.00251. The van der Waals surface area contributed by atoms with E-state index in [1.165, 1.54) is 0 Å². The highest BCUT2D eigenvalue weighted by Crippen LogP contribution is 2.14. The zero-order chi connectivity index (χ0) is 18.9. The van der Waals surface area contributed by atoms with Crippen LogP contribution in [0, 0.1) is 0 Å². The molecule has 2 N–H and O–H groups in total. The molecule has 0 aliphatic carbocycles. The van der Waals surface area contributed by atoms with Gasteiger partial charge in [-0.25, -0.2) is 0 Å². The molecule has 5 heteroatoms. The van der Waals surface area contributed by atoms with Gasteiger partial charge >= 0.3 is 0 Å². The number of amides is 2. The summed E-state index contributed by atoms with van der Waals surface area (Å²) < 4.78 is 0. The first-order chi connectivity index (χ1) is 12.5. The fourth-order valence-corrected chi connectivity index (χ4v) is 2.53. The average molecular weight is 353 g/mol. The average Bonchev–Trinajstić information content (AvgIpc) is 2.68. The second-order valence-electron chi connectivity index (χ2n) is 6.19. The number of hydrogen-bond acceptors (Lipinski definition) is 3. The molecule has 5 nitrogen and oxygen atoms in total. The molecule has 2 aromatic rings. The Bertz CT molecular complexity index is 714. The third-order valence-electron chi connectivity index (χ3n) is 4.27. The fourth-order valence-electron chi connectivity index (χ4n) is 2.53. The van der Waals surface area contributed by atoms with Gasteiger partial charge in [0.1, 0.15) is 0 Å². The van der Waals surface area contributed by atoms with Gasteiger partial charge in [0.2, 0.25) is 5.91 Å². The van der Waals surface area contributed by atoms with Gasteiger partial charge in [-0.15, -0.1) is 0 Å². The van der Waals surface area contributed by atoms with E-state index in [9.17, 15) is 9.59 Å². The minimum Gasteiger partial charge on any atom is -0.376 e. The Morgan fingerprint density at radius 2 is 1.65 bits per heavy atom. The number of anilines is 2. The Morgan fingerprint density at radius 3 is 2.23 bits per heavy atom. The highest BCUT2D eigenvalue weighted by molar-refractivity contribution is 5.96. The van der Waals surface area contributed by atoms with Gasteiger partial charge in [-0.2, -0.15) is 0 Å². The zero-order valence-corrected chi connectivity index (χ0v) is 15.7. The van der Waals surface area contributed by atoms with Crippen LogP contribution in [0.5, 0.6) is 0 Å². The molecule has 138 valence electrons. The summed E-state index contributed by atoms with van der Waals surface area (Å²) in [4.78, 5) is 26.3. The maximum atomic E-state index is 12.5. The van der Waals surface area contributed by atoms with Gasteiger partial charge in [0.15, 0.2) is 0 Å². The van der Waals surface area contributed by atoms with Crippen LogP contribution in [0.2, 0.25) is 0 Å². The lowest BCUT2D eigenvalue weighted by molar-refractivity contribution is -0.116. The smallest absolute Gasteiger partial charge is 0.251 e. The van der Waals surface area contributed by atoms with Crippen molar-refractivity contribution >= 4 is 23.2 Å². The van der Waals surface area contributed by atoms with Gasteiger partial charge in [0.25, 0.3) is 5.91 Å². The predicted molar refractivity (Wildman–Crippen MR) is 107 cm³/mol. The van der Waals surface area contributed by atoms with E-state index in [0.29, 0.717) is 12.1 Å². The number of carbonyl (C=O) groups excluding carboxylic acids is 2. The first-order valence-electron chi connectivity index (χ1n) is 9.05. The van der Waals surface area contributed by atoms with Crippen LogP contribution in [-0.4, -0.2) is 30.9 Å². The summed E-state index contributed by atoms with van der Waals surface area (Å²) in [5.74, 6) is -0.0829. The molecule has 2 aromatic carbocycles. The van der Waals surface area contributed by atoms with E-state index in [1.54, 1.807) is 17.0 Å². The number of carbonyl (C=O) groups is 2. The van der Waals surface area contributed by atoms with Crippen molar-refractivity contribution in [3.63, 3.8) is 0 Å². The fraction of sp³-hybridized carbons (Fsp3) is 0.333. The molecule has 0 aromatic heterocycles. The van der Waals surface area contributed by atoms with E-state index < -0.39 is 0 Å². The molecule has 0 saturated carbocycles. The first kappa shape index (κ1) is 19.5. The van der Waals surface area contributed by atoms with Gasteiger partial charge in [0, 0.05) is 29.5 Å². The molecule has 0 fully saturated rings. The van der Waals surface area contributed by atoms with Gasteiger partial charge in [-0.05, 0) is 56.7 Å². The highest BCUT2D eigenvalue weighted by atomic mass is 16.2. The summed E-state index contributed by atoms with van der Waals surface area (Å²) >= 11 is 0. The van der Waals surface area contributed by atoms with E-state index in [4.69, 9.17) is 0 Å². The number of para-hydroxylation sites is 1. The Kier molecular flexibility index (Phi) is 7.21. The third-order valence-corrected chi connectivity index (χ3v) is 4.27. The van der Waals surface area contributed by atoms with Crippen LogP contribution < -0.4 is 15.5 Å². The van der Waals surface area contributed by atoms with Gasteiger partial charge in [-0.1, -0.05) is 25.1 Å². The second-order valence-corrected chi connectivity index (χ2v) is 6.19. The van der Waals surface area contributed by atoms with E-state index in [1.807, 2.05) is 63.2 Å². The van der Waals surface area contributed by atoms with Crippen LogP contribution in [0.15, 0.2) is 54.6 Å². The van der Waals surface area contributed by atoms with E-state index >= 15 is 0 Å². The van der Waals surface area contributed by atoms with Crippen LogP contribution in [0.25, 0.3) is 0 Å². The Balaban J connectivity index is 1.93. The summed E-state index contributed by atoms with van der Waals surface area (Å²) in [6.45, 7) is 6.77. The maximum absolute atomic E-state index is 12.5. The summed E-state index contributed by atoms with van der Waals surface area (Å²) in [5, 5.41) is 6.06. The molecular weight excluding hydrogens is 326 g/mol. The van der Waals surface area contributed by atoms with Crippen molar-refractivity contribution in [1.82, 2.24) is 5.32 Å². The summed E-state index contributed by atoms with van der Waals surface area (Å²) in [6, 6.07) is 16.9. The van der Waals surface area contributed by atoms with Crippen molar-refractivity contribution in [2.24, 2.45) is 0 Å². The lowest BCUT2D eigenvalue weighted by atomic mass is 10.1. The van der Waals surface area contributed by atoms with Crippen molar-refractivity contribution in [2.75, 3.05) is 23.3 Å². The summed E-state index contributed by atoms with van der Waals surface area (Å²) in [5.41, 5.74) is 2.31. The third kappa shape index (κ3) is 5.34.